The second-order valence-corrected chi connectivity index (χ2v) is 7.59. The van der Waals surface area contributed by atoms with Crippen LogP contribution in [0.4, 0.5) is 14.5 Å². The summed E-state index contributed by atoms with van der Waals surface area (Å²) in [7, 11) is 1.67. The van der Waals surface area contributed by atoms with Crippen LogP contribution in [0.3, 0.4) is 0 Å². The van der Waals surface area contributed by atoms with E-state index < -0.39 is 12.0 Å². The molecule has 170 valence electrons. The molecule has 1 amide bonds. The van der Waals surface area contributed by atoms with E-state index in [9.17, 15) is 13.6 Å². The Labute approximate surface area is 194 Å². The van der Waals surface area contributed by atoms with Crippen molar-refractivity contribution in [3.63, 3.8) is 0 Å². The Morgan fingerprint density at radius 3 is 2.67 bits per heavy atom. The summed E-state index contributed by atoms with van der Waals surface area (Å²) in [6.07, 6.45) is 0.823. The third-order valence-corrected chi connectivity index (χ3v) is 4.82. The Morgan fingerprint density at radius 1 is 1.33 bits per heavy atom. The van der Waals surface area contributed by atoms with Crippen LogP contribution < -0.4 is 25.6 Å². The Hall–Kier alpha value is -1.85. The standard InChI is InChI=1S/C20H31F2N5O2.HI/c1-5-24-17(28)20(2,3)13-25-19(23-4)26-14-10-11-27(12-14)15-8-6-7-9-16(15)29-18(21)22;/h6-9,14,18H,5,10-13H2,1-4H3,(H,24,28)(H2,23,25,26);1H. The Morgan fingerprint density at radius 2 is 2.03 bits per heavy atom. The summed E-state index contributed by atoms with van der Waals surface area (Å²) in [5.41, 5.74) is 0.0679. The Bertz CT molecular complexity index is 718. The first-order valence-corrected chi connectivity index (χ1v) is 9.81. The molecule has 0 spiro atoms. The molecule has 0 aliphatic carbocycles. The largest absolute Gasteiger partial charge is 0.433 e. The van der Waals surface area contributed by atoms with Crippen molar-refractivity contribution in [2.45, 2.75) is 39.8 Å². The second kappa shape index (κ2) is 12.1. The molecule has 1 atom stereocenters. The van der Waals surface area contributed by atoms with Crippen LogP contribution in [0.5, 0.6) is 5.75 Å². The van der Waals surface area contributed by atoms with E-state index in [2.05, 4.69) is 25.7 Å². The summed E-state index contributed by atoms with van der Waals surface area (Å²) in [5, 5.41) is 9.38. The quantitative estimate of drug-likeness (QED) is 0.269. The van der Waals surface area contributed by atoms with Gasteiger partial charge in [0.25, 0.3) is 0 Å². The maximum Gasteiger partial charge on any atom is 0.387 e. The maximum atomic E-state index is 12.7. The number of amides is 1. The molecule has 1 heterocycles. The topological polar surface area (TPSA) is 78.0 Å². The molecule has 1 aromatic rings. The number of carbonyl (C=O) groups is 1. The Balaban J connectivity index is 0.00000450. The van der Waals surface area contributed by atoms with Gasteiger partial charge in [0, 0.05) is 39.3 Å². The van der Waals surface area contributed by atoms with Crippen molar-refractivity contribution in [3.05, 3.63) is 24.3 Å². The first-order valence-electron chi connectivity index (χ1n) is 9.81. The van der Waals surface area contributed by atoms with Gasteiger partial charge >= 0.3 is 6.61 Å². The van der Waals surface area contributed by atoms with Gasteiger partial charge in [0.1, 0.15) is 5.75 Å². The summed E-state index contributed by atoms with van der Waals surface area (Å²) in [4.78, 5) is 18.4. The number of carbonyl (C=O) groups excluding carboxylic acids is 1. The zero-order chi connectivity index (χ0) is 21.4. The van der Waals surface area contributed by atoms with Crippen LogP contribution in [0, 0.1) is 5.41 Å². The number of hydrogen-bond acceptors (Lipinski definition) is 4. The third kappa shape index (κ3) is 7.44. The zero-order valence-electron chi connectivity index (χ0n) is 17.9. The van der Waals surface area contributed by atoms with Gasteiger partial charge in [-0.25, -0.2) is 0 Å². The van der Waals surface area contributed by atoms with Gasteiger partial charge in [0.2, 0.25) is 5.91 Å². The summed E-state index contributed by atoms with van der Waals surface area (Å²) in [6.45, 7) is 5.13. The molecule has 3 N–H and O–H groups in total. The average Bonchev–Trinajstić information content (AvgIpc) is 3.13. The first-order chi connectivity index (χ1) is 13.8. The number of aliphatic imine (C=N–C) groups is 1. The lowest BCUT2D eigenvalue weighted by molar-refractivity contribution is -0.128. The lowest BCUT2D eigenvalue weighted by Gasteiger charge is -2.26. The third-order valence-electron chi connectivity index (χ3n) is 4.82. The van der Waals surface area contributed by atoms with E-state index in [1.54, 1.807) is 31.3 Å². The van der Waals surface area contributed by atoms with Gasteiger partial charge in [0.05, 0.1) is 11.1 Å². The highest BCUT2D eigenvalue weighted by Gasteiger charge is 2.29. The maximum absolute atomic E-state index is 12.7. The molecule has 0 radical (unpaired) electrons. The van der Waals surface area contributed by atoms with Gasteiger partial charge in [-0.1, -0.05) is 12.1 Å². The van der Waals surface area contributed by atoms with Gasteiger partial charge in [0.15, 0.2) is 5.96 Å². The molecule has 1 aliphatic heterocycles. The molecule has 1 saturated heterocycles. The molecule has 1 aliphatic rings. The van der Waals surface area contributed by atoms with Crippen molar-refractivity contribution < 1.29 is 18.3 Å². The van der Waals surface area contributed by atoms with E-state index in [1.165, 1.54) is 0 Å². The zero-order valence-corrected chi connectivity index (χ0v) is 20.2. The van der Waals surface area contributed by atoms with E-state index in [0.717, 1.165) is 6.42 Å². The molecular formula is C20H32F2IN5O2. The van der Waals surface area contributed by atoms with Crippen molar-refractivity contribution in [1.29, 1.82) is 0 Å². The van der Waals surface area contributed by atoms with Gasteiger partial charge in [-0.15, -0.1) is 24.0 Å². The van der Waals surface area contributed by atoms with Crippen molar-refractivity contribution in [2.75, 3.05) is 38.1 Å². The van der Waals surface area contributed by atoms with Crippen LogP contribution in [0.2, 0.25) is 0 Å². The van der Waals surface area contributed by atoms with E-state index in [4.69, 9.17) is 0 Å². The van der Waals surface area contributed by atoms with Crippen LogP contribution in [0.15, 0.2) is 29.3 Å². The predicted molar refractivity (Wildman–Crippen MR) is 126 cm³/mol. The number of rotatable bonds is 8. The van der Waals surface area contributed by atoms with E-state index in [-0.39, 0.29) is 41.7 Å². The molecular weight excluding hydrogens is 507 g/mol. The van der Waals surface area contributed by atoms with E-state index in [1.807, 2.05) is 25.7 Å². The molecule has 1 aromatic carbocycles. The number of halogens is 3. The smallest absolute Gasteiger partial charge is 0.387 e. The number of guanidine groups is 1. The normalized spacial score (nSPS) is 16.8. The van der Waals surface area contributed by atoms with Gasteiger partial charge in [-0.2, -0.15) is 8.78 Å². The van der Waals surface area contributed by atoms with Crippen molar-refractivity contribution in [3.8, 4) is 5.75 Å². The van der Waals surface area contributed by atoms with Crippen molar-refractivity contribution >= 4 is 41.5 Å². The van der Waals surface area contributed by atoms with Crippen molar-refractivity contribution in [2.24, 2.45) is 10.4 Å². The van der Waals surface area contributed by atoms with Crippen molar-refractivity contribution in [1.82, 2.24) is 16.0 Å². The molecule has 1 unspecified atom stereocenters. The Kier molecular flexibility index (Phi) is 10.6. The molecule has 1 fully saturated rings. The van der Waals surface area contributed by atoms with E-state index >= 15 is 0 Å². The van der Waals surface area contributed by atoms with Gasteiger partial charge in [-0.3, -0.25) is 9.79 Å². The fraction of sp³-hybridized carbons (Fsp3) is 0.600. The second-order valence-electron chi connectivity index (χ2n) is 7.59. The molecule has 2 rings (SSSR count). The average molecular weight is 539 g/mol. The fourth-order valence-electron chi connectivity index (χ4n) is 3.18. The lowest BCUT2D eigenvalue weighted by Crippen LogP contribution is -2.50. The molecule has 7 nitrogen and oxygen atoms in total. The first kappa shape index (κ1) is 26.2. The minimum Gasteiger partial charge on any atom is -0.433 e. The van der Waals surface area contributed by atoms with Gasteiger partial charge in [-0.05, 0) is 39.3 Å². The number of benzene rings is 1. The fourth-order valence-corrected chi connectivity index (χ4v) is 3.18. The van der Waals surface area contributed by atoms with Crippen LogP contribution >= 0.6 is 24.0 Å². The number of nitrogens with one attached hydrogen (secondary N) is 3. The molecule has 0 aromatic heterocycles. The monoisotopic (exact) mass is 539 g/mol. The van der Waals surface area contributed by atoms with Crippen LogP contribution in [0.25, 0.3) is 0 Å². The number of para-hydroxylation sites is 2. The minimum absolute atomic E-state index is 0. The summed E-state index contributed by atoms with van der Waals surface area (Å²) < 4.78 is 30.0. The SMILES string of the molecule is CCNC(=O)C(C)(C)CNC(=NC)NC1CCN(c2ccccc2OC(F)F)C1.I. The van der Waals surface area contributed by atoms with Crippen LogP contribution in [-0.2, 0) is 4.79 Å². The van der Waals surface area contributed by atoms with Crippen LogP contribution in [0.1, 0.15) is 27.2 Å². The number of nitrogens with zero attached hydrogens (tertiary/aromatic N) is 2. The molecule has 30 heavy (non-hydrogen) atoms. The summed E-state index contributed by atoms with van der Waals surface area (Å²) in [6, 6.07) is 6.90. The highest BCUT2D eigenvalue weighted by molar-refractivity contribution is 14.0. The molecule has 0 saturated carbocycles. The number of anilines is 1. The van der Waals surface area contributed by atoms with Crippen LogP contribution in [-0.4, -0.2) is 57.7 Å². The summed E-state index contributed by atoms with van der Waals surface area (Å²) in [5.74, 6) is 0.756. The lowest BCUT2D eigenvalue weighted by atomic mass is 9.92. The highest BCUT2D eigenvalue weighted by atomic mass is 127. The minimum atomic E-state index is -2.86. The summed E-state index contributed by atoms with van der Waals surface area (Å²) >= 11 is 0. The number of ether oxygens (including phenoxy) is 1. The van der Waals surface area contributed by atoms with Gasteiger partial charge < -0.3 is 25.6 Å². The number of hydrogen-bond donors (Lipinski definition) is 3. The molecule has 0 bridgehead atoms. The highest BCUT2D eigenvalue weighted by Crippen LogP contribution is 2.31. The number of alkyl halides is 2. The predicted octanol–water partition coefficient (Wildman–Crippen LogP) is 2.81. The van der Waals surface area contributed by atoms with E-state index in [0.29, 0.717) is 37.8 Å². The molecule has 10 heteroatoms.